The lowest BCUT2D eigenvalue weighted by Gasteiger charge is -2.29. The van der Waals surface area contributed by atoms with Gasteiger partial charge in [-0.05, 0) is 30.8 Å². The molecule has 6 heteroatoms. The Kier molecular flexibility index (Phi) is 5.12. The zero-order valence-corrected chi connectivity index (χ0v) is 13.3. The second-order valence-electron chi connectivity index (χ2n) is 5.08. The van der Waals surface area contributed by atoms with Crippen LogP contribution < -0.4 is 5.32 Å². The number of rotatable bonds is 4. The Balaban J connectivity index is 2.05. The number of hydrogen-bond acceptors (Lipinski definition) is 2. The second kappa shape index (κ2) is 6.65. The van der Waals surface area contributed by atoms with Crippen molar-refractivity contribution in [3.8, 4) is 0 Å². The van der Waals surface area contributed by atoms with Gasteiger partial charge in [0.1, 0.15) is 5.75 Å². The lowest BCUT2D eigenvalue weighted by Crippen LogP contribution is -2.44. The van der Waals surface area contributed by atoms with Gasteiger partial charge in [0.15, 0.2) is 10.9 Å². The van der Waals surface area contributed by atoms with Gasteiger partial charge >= 0.3 is 0 Å². The Hall–Kier alpha value is -0.980. The van der Waals surface area contributed by atoms with Crippen LogP contribution in [-0.4, -0.2) is 38.7 Å². The van der Waals surface area contributed by atoms with E-state index in [4.69, 9.17) is 12.2 Å². The van der Waals surface area contributed by atoms with Crippen LogP contribution in [0.4, 0.5) is 5.69 Å². The first-order valence-corrected chi connectivity index (χ1v) is 9.12. The van der Waals surface area contributed by atoms with Gasteiger partial charge in [-0.15, -0.1) is 0 Å². The Morgan fingerprint density at radius 2 is 2.20 bits per heavy atom. The molecular weight excluding hydrogens is 292 g/mol. The molecule has 2 N–H and O–H groups in total. The molecule has 110 valence electrons. The molecule has 1 heterocycles. The van der Waals surface area contributed by atoms with E-state index >= 15 is 0 Å². The van der Waals surface area contributed by atoms with Crippen molar-refractivity contribution in [2.24, 2.45) is 0 Å². The predicted octanol–water partition coefficient (Wildman–Crippen LogP) is 2.84. The number of nitrogens with one attached hydrogen (secondary N) is 1. The van der Waals surface area contributed by atoms with Gasteiger partial charge in [-0.25, -0.2) is 0 Å². The monoisotopic (exact) mass is 313 g/mol. The molecule has 1 aromatic rings. The van der Waals surface area contributed by atoms with E-state index < -0.39 is 10.2 Å². The summed E-state index contributed by atoms with van der Waals surface area (Å²) in [6.45, 7) is 2.89. The Bertz CT molecular complexity index is 507. The number of hydrogen-bond donors (Lipinski definition) is 2. The quantitative estimate of drug-likeness (QED) is 0.661. The Morgan fingerprint density at radius 1 is 1.50 bits per heavy atom. The van der Waals surface area contributed by atoms with Gasteiger partial charge in [-0.1, -0.05) is 29.3 Å². The average molecular weight is 313 g/mol. The fraction of sp³-hybridized carbons (Fsp3) is 0.500. The number of para-hydroxylation sites is 1. The van der Waals surface area contributed by atoms with Gasteiger partial charge in [0.25, 0.3) is 0 Å². The number of anilines is 1. The van der Waals surface area contributed by atoms with Gasteiger partial charge in [0.05, 0.1) is 6.04 Å². The molecule has 20 heavy (non-hydrogen) atoms. The Morgan fingerprint density at radius 3 is 2.75 bits per heavy atom. The molecule has 4 nitrogen and oxygen atoms in total. The molecule has 0 saturated carbocycles. The summed E-state index contributed by atoms with van der Waals surface area (Å²) in [4.78, 5) is 2.06. The maximum Gasteiger partial charge on any atom is 0.216 e. The molecular formula is C14H21N2O2S2+. The van der Waals surface area contributed by atoms with Gasteiger partial charge in [0, 0.05) is 18.7 Å². The van der Waals surface area contributed by atoms with Crippen molar-refractivity contribution in [2.45, 2.75) is 25.8 Å². The highest BCUT2D eigenvalue weighted by atomic mass is 32.3. The summed E-state index contributed by atoms with van der Waals surface area (Å²) in [6, 6.07) is 9.84. The Labute approximate surface area is 126 Å². The van der Waals surface area contributed by atoms with Crippen LogP contribution in [0.3, 0.4) is 0 Å². The summed E-state index contributed by atoms with van der Waals surface area (Å²) < 4.78 is 21.4. The molecule has 2 atom stereocenters. The van der Waals surface area contributed by atoms with Crippen LogP contribution in [0.25, 0.3) is 0 Å². The first kappa shape index (κ1) is 15.4. The fourth-order valence-electron chi connectivity index (χ4n) is 2.44. The summed E-state index contributed by atoms with van der Waals surface area (Å²) >= 11 is 5.47. The third-order valence-electron chi connectivity index (χ3n) is 3.41. The standard InChI is InChI=1S/C14H20N2O2S2/c1-2-9-16(13-8-10-20(17,18)11-13)14(19)15-12-6-4-3-5-7-12/h3-7,13H,2,8-11H2,1H3,(H-,15,17,18,19)/p+1/t13-/m0/s1. The van der Waals surface area contributed by atoms with Crippen molar-refractivity contribution in [1.82, 2.24) is 4.90 Å². The zero-order valence-electron chi connectivity index (χ0n) is 11.6. The highest BCUT2D eigenvalue weighted by Gasteiger charge is 2.41. The maximum atomic E-state index is 11.8. The summed E-state index contributed by atoms with van der Waals surface area (Å²) in [5.74, 6) is 0.704. The molecule has 1 fully saturated rings. The third kappa shape index (κ3) is 4.01. The van der Waals surface area contributed by atoms with E-state index in [2.05, 4.69) is 17.1 Å². The summed E-state index contributed by atoms with van der Waals surface area (Å²) in [5, 5.41) is 3.85. The van der Waals surface area contributed by atoms with Crippen LogP contribution in [0.15, 0.2) is 30.3 Å². The number of nitrogens with zero attached hydrogens (tertiary/aromatic N) is 1. The fourth-order valence-corrected chi connectivity index (χ4v) is 4.55. The van der Waals surface area contributed by atoms with Crippen molar-refractivity contribution in [1.29, 1.82) is 0 Å². The molecule has 0 aromatic heterocycles. The van der Waals surface area contributed by atoms with Gasteiger partial charge in [0.2, 0.25) is 10.2 Å². The first-order chi connectivity index (χ1) is 9.52. The molecule has 0 spiro atoms. The van der Waals surface area contributed by atoms with Crippen LogP contribution in [0.5, 0.6) is 0 Å². The molecule has 0 amide bonds. The smallest absolute Gasteiger partial charge is 0.216 e. The van der Waals surface area contributed by atoms with E-state index in [0.29, 0.717) is 16.6 Å². The van der Waals surface area contributed by atoms with Crippen molar-refractivity contribution >= 4 is 33.2 Å². The lowest BCUT2D eigenvalue weighted by molar-refractivity contribution is 0.338. The van der Waals surface area contributed by atoms with Crippen LogP contribution in [0.1, 0.15) is 19.8 Å². The minimum absolute atomic E-state index is 0.0659. The van der Waals surface area contributed by atoms with E-state index in [9.17, 15) is 8.76 Å². The van der Waals surface area contributed by atoms with Crippen LogP contribution in [0, 0.1) is 0 Å². The van der Waals surface area contributed by atoms with Crippen molar-refractivity contribution in [3.05, 3.63) is 30.3 Å². The number of thiocarbonyl (C=S) groups is 1. The van der Waals surface area contributed by atoms with E-state index in [0.717, 1.165) is 25.1 Å². The summed E-state index contributed by atoms with van der Waals surface area (Å²) in [6.07, 6.45) is 1.69. The van der Waals surface area contributed by atoms with Crippen LogP contribution in [0.2, 0.25) is 0 Å². The molecule has 1 aliphatic rings. The average Bonchev–Trinajstić information content (AvgIpc) is 2.77. The molecule has 2 rings (SSSR count). The van der Waals surface area contributed by atoms with Gasteiger partial charge in [-0.3, -0.25) is 0 Å². The minimum Gasteiger partial charge on any atom is -0.341 e. The second-order valence-corrected chi connectivity index (χ2v) is 7.75. The molecule has 0 bridgehead atoms. The highest BCUT2D eigenvalue weighted by Crippen LogP contribution is 2.22. The predicted molar refractivity (Wildman–Crippen MR) is 88.5 cm³/mol. The first-order valence-electron chi connectivity index (χ1n) is 6.86. The van der Waals surface area contributed by atoms with Gasteiger partial charge < -0.3 is 10.2 Å². The van der Waals surface area contributed by atoms with Crippen molar-refractivity contribution in [3.63, 3.8) is 0 Å². The molecule has 1 saturated heterocycles. The normalized spacial score (nSPS) is 25.4. The maximum absolute atomic E-state index is 11.8. The zero-order chi connectivity index (χ0) is 14.6. The van der Waals surface area contributed by atoms with Crippen LogP contribution >= 0.6 is 12.2 Å². The topological polar surface area (TPSA) is 52.6 Å². The van der Waals surface area contributed by atoms with Crippen molar-refractivity contribution < 1.29 is 8.76 Å². The van der Waals surface area contributed by atoms with E-state index in [1.807, 2.05) is 30.3 Å². The molecule has 1 aromatic carbocycles. The van der Waals surface area contributed by atoms with Crippen LogP contribution in [-0.2, 0) is 14.4 Å². The SMILES string of the molecule is CCCN(C(=S)Nc1ccccc1)[C@H]1CC[S+](=O)(O)C1. The van der Waals surface area contributed by atoms with Crippen molar-refractivity contribution in [2.75, 3.05) is 23.4 Å². The van der Waals surface area contributed by atoms with E-state index in [1.165, 1.54) is 0 Å². The largest absolute Gasteiger partial charge is 0.341 e. The van der Waals surface area contributed by atoms with E-state index in [-0.39, 0.29) is 6.04 Å². The summed E-state index contributed by atoms with van der Waals surface area (Å²) in [5.41, 5.74) is 0.946. The molecule has 0 radical (unpaired) electrons. The third-order valence-corrected chi connectivity index (χ3v) is 5.53. The molecule has 1 aliphatic heterocycles. The lowest BCUT2D eigenvalue weighted by atomic mass is 10.2. The molecule has 1 unspecified atom stereocenters. The molecule has 0 aliphatic carbocycles. The van der Waals surface area contributed by atoms with Gasteiger partial charge in [-0.2, -0.15) is 4.55 Å². The minimum atomic E-state index is -2.64. The van der Waals surface area contributed by atoms with E-state index in [1.54, 1.807) is 0 Å². The highest BCUT2D eigenvalue weighted by molar-refractivity contribution is 7.98. The summed E-state index contributed by atoms with van der Waals surface area (Å²) in [7, 11) is -2.64. The number of benzene rings is 1.